The SMILES string of the molecule is CNCC1(C)CCN(c2cnc3c(-c4cccnc4Cl)[nH]nc3n2)CC1. The summed E-state index contributed by atoms with van der Waals surface area (Å²) in [6.07, 6.45) is 5.74. The van der Waals surface area contributed by atoms with E-state index in [9.17, 15) is 0 Å². The fourth-order valence-corrected chi connectivity index (χ4v) is 3.79. The molecule has 0 aromatic carbocycles. The second-order valence-electron chi connectivity index (χ2n) is 7.17. The summed E-state index contributed by atoms with van der Waals surface area (Å²) in [6, 6.07) is 3.73. The van der Waals surface area contributed by atoms with Crippen molar-refractivity contribution >= 4 is 28.6 Å². The number of anilines is 1. The molecular weight excluding hydrogens is 350 g/mol. The van der Waals surface area contributed by atoms with Crippen molar-refractivity contribution in [3.05, 3.63) is 29.7 Å². The van der Waals surface area contributed by atoms with Crippen LogP contribution in [0.25, 0.3) is 22.4 Å². The molecule has 8 heteroatoms. The second kappa shape index (κ2) is 6.81. The van der Waals surface area contributed by atoms with Gasteiger partial charge in [-0.25, -0.2) is 15.0 Å². The minimum absolute atomic E-state index is 0.347. The number of H-pyrrole nitrogens is 1. The minimum Gasteiger partial charge on any atom is -0.355 e. The van der Waals surface area contributed by atoms with Gasteiger partial charge in [0.2, 0.25) is 5.65 Å². The van der Waals surface area contributed by atoms with Gasteiger partial charge in [-0.15, -0.1) is 0 Å². The molecule has 0 amide bonds. The molecule has 3 aromatic rings. The maximum absolute atomic E-state index is 6.20. The number of fused-ring (bicyclic) bond motifs is 1. The van der Waals surface area contributed by atoms with Crippen LogP contribution < -0.4 is 10.2 Å². The van der Waals surface area contributed by atoms with Gasteiger partial charge in [0.1, 0.15) is 16.5 Å². The number of hydrogen-bond acceptors (Lipinski definition) is 6. The number of nitrogens with zero attached hydrogens (tertiary/aromatic N) is 5. The minimum atomic E-state index is 0.347. The average Bonchev–Trinajstić information content (AvgIpc) is 3.06. The number of piperidine rings is 1. The number of aromatic amines is 1. The molecule has 0 radical (unpaired) electrons. The number of aromatic nitrogens is 5. The Kier molecular flexibility index (Phi) is 4.50. The van der Waals surface area contributed by atoms with Gasteiger partial charge in [0, 0.05) is 31.4 Å². The Balaban J connectivity index is 1.59. The molecule has 4 rings (SSSR count). The number of nitrogens with one attached hydrogen (secondary N) is 2. The maximum atomic E-state index is 6.20. The van der Waals surface area contributed by atoms with Gasteiger partial charge in [-0.05, 0) is 37.4 Å². The molecule has 1 aliphatic rings. The number of halogens is 1. The maximum Gasteiger partial charge on any atom is 0.202 e. The first-order valence-corrected chi connectivity index (χ1v) is 9.19. The number of hydrogen-bond donors (Lipinski definition) is 2. The van der Waals surface area contributed by atoms with Crippen molar-refractivity contribution in [2.75, 3.05) is 31.6 Å². The summed E-state index contributed by atoms with van der Waals surface area (Å²) in [5.74, 6) is 0.874. The standard InChI is InChI=1S/C18H22ClN7/c1-18(11-20-2)5-8-26(9-6-18)13-10-22-15-14(24-25-17(15)23-13)12-4-3-7-21-16(12)19/h3-4,7,10,20H,5-6,8-9,11H2,1-2H3,(H,23,24,25). The van der Waals surface area contributed by atoms with Crippen molar-refractivity contribution in [1.29, 1.82) is 0 Å². The third-order valence-electron chi connectivity index (χ3n) is 5.18. The van der Waals surface area contributed by atoms with Crippen LogP contribution in [-0.2, 0) is 0 Å². The zero-order valence-electron chi connectivity index (χ0n) is 15.0. The van der Waals surface area contributed by atoms with Crippen molar-refractivity contribution in [3.8, 4) is 11.3 Å². The fraction of sp³-hybridized carbons (Fsp3) is 0.444. The Morgan fingerprint density at radius 2 is 2.12 bits per heavy atom. The van der Waals surface area contributed by atoms with Crippen LogP contribution in [0.3, 0.4) is 0 Å². The summed E-state index contributed by atoms with van der Waals surface area (Å²) < 4.78 is 0. The highest BCUT2D eigenvalue weighted by Gasteiger charge is 2.30. The van der Waals surface area contributed by atoms with Crippen LogP contribution in [0.5, 0.6) is 0 Å². The Morgan fingerprint density at radius 3 is 2.85 bits per heavy atom. The van der Waals surface area contributed by atoms with Gasteiger partial charge in [-0.3, -0.25) is 5.10 Å². The Hall–Kier alpha value is -2.25. The quantitative estimate of drug-likeness (QED) is 0.686. The molecule has 7 nitrogen and oxygen atoms in total. The molecule has 0 aliphatic carbocycles. The molecule has 1 fully saturated rings. The predicted octanol–water partition coefficient (Wildman–Crippen LogP) is 2.89. The lowest BCUT2D eigenvalue weighted by Crippen LogP contribution is -2.43. The summed E-state index contributed by atoms with van der Waals surface area (Å²) in [6.45, 7) is 5.33. The normalized spacial score (nSPS) is 17.0. The zero-order chi connectivity index (χ0) is 18.1. The van der Waals surface area contributed by atoms with E-state index < -0.39 is 0 Å². The molecule has 1 saturated heterocycles. The highest BCUT2D eigenvalue weighted by Crippen LogP contribution is 2.33. The van der Waals surface area contributed by atoms with Gasteiger partial charge in [0.25, 0.3) is 0 Å². The topological polar surface area (TPSA) is 82.6 Å². The first-order chi connectivity index (χ1) is 12.6. The van der Waals surface area contributed by atoms with Gasteiger partial charge in [-0.1, -0.05) is 18.5 Å². The van der Waals surface area contributed by atoms with E-state index in [0.717, 1.165) is 49.6 Å². The first kappa shape index (κ1) is 17.2. The molecule has 2 N–H and O–H groups in total. The molecule has 0 atom stereocenters. The molecule has 26 heavy (non-hydrogen) atoms. The molecule has 136 valence electrons. The predicted molar refractivity (Wildman–Crippen MR) is 103 cm³/mol. The van der Waals surface area contributed by atoms with Crippen LogP contribution in [0.15, 0.2) is 24.5 Å². The largest absolute Gasteiger partial charge is 0.355 e. The summed E-state index contributed by atoms with van der Waals surface area (Å²) in [5, 5.41) is 11.1. The number of rotatable bonds is 4. The lowest BCUT2D eigenvalue weighted by molar-refractivity contribution is 0.242. The second-order valence-corrected chi connectivity index (χ2v) is 7.53. The molecule has 0 unspecified atom stereocenters. The molecule has 3 aromatic heterocycles. The van der Waals surface area contributed by atoms with E-state index >= 15 is 0 Å². The van der Waals surface area contributed by atoms with E-state index in [4.69, 9.17) is 16.6 Å². The summed E-state index contributed by atoms with van der Waals surface area (Å²) in [4.78, 5) is 15.7. The van der Waals surface area contributed by atoms with Gasteiger partial charge in [0.15, 0.2) is 0 Å². The van der Waals surface area contributed by atoms with Crippen LogP contribution in [0.1, 0.15) is 19.8 Å². The summed E-state index contributed by atoms with van der Waals surface area (Å²) >= 11 is 6.20. The first-order valence-electron chi connectivity index (χ1n) is 8.81. The van der Waals surface area contributed by atoms with E-state index in [0.29, 0.717) is 21.7 Å². The number of pyridine rings is 1. The molecule has 4 heterocycles. The van der Waals surface area contributed by atoms with E-state index in [1.807, 2.05) is 25.4 Å². The lowest BCUT2D eigenvalue weighted by atomic mass is 9.80. The zero-order valence-corrected chi connectivity index (χ0v) is 15.7. The van der Waals surface area contributed by atoms with Crippen molar-refractivity contribution in [3.63, 3.8) is 0 Å². The van der Waals surface area contributed by atoms with E-state index in [2.05, 4.69) is 37.3 Å². The van der Waals surface area contributed by atoms with Crippen molar-refractivity contribution < 1.29 is 0 Å². The van der Waals surface area contributed by atoms with Gasteiger partial charge < -0.3 is 10.2 Å². The van der Waals surface area contributed by atoms with Crippen LogP contribution in [0.2, 0.25) is 5.15 Å². The fourth-order valence-electron chi connectivity index (χ4n) is 3.58. The Morgan fingerprint density at radius 1 is 1.31 bits per heavy atom. The smallest absolute Gasteiger partial charge is 0.202 e. The monoisotopic (exact) mass is 371 g/mol. The average molecular weight is 372 g/mol. The van der Waals surface area contributed by atoms with Gasteiger partial charge >= 0.3 is 0 Å². The van der Waals surface area contributed by atoms with E-state index in [1.54, 1.807) is 6.20 Å². The van der Waals surface area contributed by atoms with Crippen molar-refractivity contribution in [2.24, 2.45) is 5.41 Å². The van der Waals surface area contributed by atoms with Crippen LogP contribution >= 0.6 is 11.6 Å². The summed E-state index contributed by atoms with van der Waals surface area (Å²) in [5.41, 5.74) is 3.18. The molecule has 0 bridgehead atoms. The third kappa shape index (κ3) is 3.12. The molecule has 0 saturated carbocycles. The Bertz CT molecular complexity index is 915. The Labute approximate surface area is 157 Å². The summed E-state index contributed by atoms with van der Waals surface area (Å²) in [7, 11) is 2.01. The van der Waals surface area contributed by atoms with E-state index in [1.165, 1.54) is 0 Å². The third-order valence-corrected chi connectivity index (χ3v) is 5.48. The van der Waals surface area contributed by atoms with Gasteiger partial charge in [-0.2, -0.15) is 5.10 Å². The van der Waals surface area contributed by atoms with Gasteiger partial charge in [0.05, 0.1) is 11.9 Å². The highest BCUT2D eigenvalue weighted by molar-refractivity contribution is 6.32. The van der Waals surface area contributed by atoms with Crippen LogP contribution in [0.4, 0.5) is 5.82 Å². The lowest BCUT2D eigenvalue weighted by Gasteiger charge is -2.39. The highest BCUT2D eigenvalue weighted by atomic mass is 35.5. The van der Waals surface area contributed by atoms with Crippen molar-refractivity contribution in [1.82, 2.24) is 30.5 Å². The molecule has 0 spiro atoms. The van der Waals surface area contributed by atoms with Crippen LogP contribution in [0, 0.1) is 5.41 Å². The molecular formula is C18H22ClN7. The van der Waals surface area contributed by atoms with Crippen LogP contribution in [-0.4, -0.2) is 51.8 Å². The van der Waals surface area contributed by atoms with E-state index in [-0.39, 0.29) is 0 Å². The van der Waals surface area contributed by atoms with Crippen molar-refractivity contribution in [2.45, 2.75) is 19.8 Å². The molecule has 1 aliphatic heterocycles.